The van der Waals surface area contributed by atoms with Crippen LogP contribution >= 0.6 is 0 Å². The third-order valence-electron chi connectivity index (χ3n) is 2.47. The summed E-state index contributed by atoms with van der Waals surface area (Å²) in [4.78, 5) is 13.8. The summed E-state index contributed by atoms with van der Waals surface area (Å²) in [5, 5.41) is 2.77. The summed E-state index contributed by atoms with van der Waals surface area (Å²) in [6.45, 7) is 0.351. The predicted molar refractivity (Wildman–Crippen MR) is 63.0 cm³/mol. The lowest BCUT2D eigenvalue weighted by Crippen LogP contribution is -2.14. The van der Waals surface area contributed by atoms with Crippen molar-refractivity contribution in [2.45, 2.75) is 6.54 Å². The summed E-state index contributed by atoms with van der Waals surface area (Å²) in [5.41, 5.74) is 5.59. The minimum Gasteiger partial charge on any atom is -0.379 e. The van der Waals surface area contributed by atoms with Gasteiger partial charge in [-0.2, -0.15) is 0 Å². The maximum absolute atomic E-state index is 13.5. The van der Waals surface area contributed by atoms with E-state index >= 15 is 0 Å². The number of primary amides is 1. The van der Waals surface area contributed by atoms with E-state index in [4.69, 9.17) is 5.73 Å². The minimum atomic E-state index is -0.966. The van der Waals surface area contributed by atoms with Crippen LogP contribution in [0.1, 0.15) is 15.9 Å². The summed E-state index contributed by atoms with van der Waals surface area (Å²) >= 11 is 0. The van der Waals surface area contributed by atoms with Gasteiger partial charge >= 0.3 is 0 Å². The zero-order valence-electron chi connectivity index (χ0n) is 9.34. The van der Waals surface area contributed by atoms with E-state index in [1.165, 1.54) is 0 Å². The van der Waals surface area contributed by atoms with Gasteiger partial charge in [-0.25, -0.2) is 8.78 Å². The highest BCUT2D eigenvalue weighted by molar-refractivity contribution is 5.94. The minimum absolute atomic E-state index is 0.0337. The largest absolute Gasteiger partial charge is 0.379 e. The number of carbonyl (C=O) groups is 1. The first-order chi connectivity index (χ1) is 8.58. The number of nitrogens with two attached hydrogens (primary N) is 1. The van der Waals surface area contributed by atoms with Gasteiger partial charge in [0.15, 0.2) is 0 Å². The molecule has 4 nitrogen and oxygen atoms in total. The van der Waals surface area contributed by atoms with Gasteiger partial charge in [0, 0.05) is 25.0 Å². The number of H-pyrrole nitrogens is 1. The van der Waals surface area contributed by atoms with Gasteiger partial charge in [0.2, 0.25) is 0 Å². The van der Waals surface area contributed by atoms with Crippen LogP contribution in [0.3, 0.4) is 0 Å². The molecule has 1 heterocycles. The summed E-state index contributed by atoms with van der Waals surface area (Å²) in [5.74, 6) is -2.67. The lowest BCUT2D eigenvalue weighted by Gasteiger charge is -2.08. The predicted octanol–water partition coefficient (Wildman–Crippen LogP) is 2.00. The van der Waals surface area contributed by atoms with Gasteiger partial charge < -0.3 is 16.0 Å². The molecule has 0 unspecified atom stereocenters. The Balaban J connectivity index is 2.22. The zero-order valence-corrected chi connectivity index (χ0v) is 9.34. The second-order valence-electron chi connectivity index (χ2n) is 3.75. The van der Waals surface area contributed by atoms with E-state index in [1.54, 1.807) is 12.4 Å². The number of amides is 1. The Morgan fingerprint density at radius 2 is 2.11 bits per heavy atom. The Kier molecular flexibility index (Phi) is 3.27. The fourth-order valence-corrected chi connectivity index (χ4v) is 1.54. The summed E-state index contributed by atoms with van der Waals surface area (Å²) in [6.07, 6.45) is 3.47. The van der Waals surface area contributed by atoms with Crippen LogP contribution in [0.2, 0.25) is 0 Å². The summed E-state index contributed by atoms with van der Waals surface area (Å²) in [7, 11) is 0. The number of benzene rings is 1. The van der Waals surface area contributed by atoms with Crippen LogP contribution in [-0.2, 0) is 6.54 Å². The maximum Gasteiger partial charge on any atom is 0.251 e. The topological polar surface area (TPSA) is 70.9 Å². The van der Waals surface area contributed by atoms with Crippen LogP contribution in [0, 0.1) is 11.6 Å². The number of nitrogens with one attached hydrogen (secondary N) is 2. The molecule has 1 aromatic heterocycles. The second kappa shape index (κ2) is 4.87. The van der Waals surface area contributed by atoms with Gasteiger partial charge in [-0.1, -0.05) is 0 Å². The molecule has 94 valence electrons. The Labute approximate surface area is 102 Å². The van der Waals surface area contributed by atoms with Crippen LogP contribution in [-0.4, -0.2) is 10.9 Å². The van der Waals surface area contributed by atoms with Gasteiger partial charge in [-0.15, -0.1) is 0 Å². The number of aromatic amines is 1. The lowest BCUT2D eigenvalue weighted by atomic mass is 10.1. The third-order valence-corrected chi connectivity index (χ3v) is 2.47. The van der Waals surface area contributed by atoms with Crippen molar-refractivity contribution in [1.82, 2.24) is 4.98 Å². The van der Waals surface area contributed by atoms with Crippen molar-refractivity contribution in [2.75, 3.05) is 5.32 Å². The Bertz CT molecular complexity index is 567. The standard InChI is InChI=1S/C12H11F2N3O/c13-9-4-10(14)11(3-8(9)12(15)18)17-6-7-1-2-16-5-7/h1-5,16-17H,6H2,(H2,15,18). The molecule has 0 aliphatic carbocycles. The fourth-order valence-electron chi connectivity index (χ4n) is 1.54. The van der Waals surface area contributed by atoms with E-state index in [-0.39, 0.29) is 11.3 Å². The molecular weight excluding hydrogens is 240 g/mol. The van der Waals surface area contributed by atoms with Crippen molar-refractivity contribution in [2.24, 2.45) is 5.73 Å². The van der Waals surface area contributed by atoms with E-state index < -0.39 is 17.5 Å². The first-order valence-corrected chi connectivity index (χ1v) is 5.22. The molecule has 0 saturated carbocycles. The van der Waals surface area contributed by atoms with E-state index in [0.717, 1.165) is 11.6 Å². The molecule has 0 radical (unpaired) electrons. The second-order valence-corrected chi connectivity index (χ2v) is 3.75. The van der Waals surface area contributed by atoms with Crippen LogP contribution < -0.4 is 11.1 Å². The van der Waals surface area contributed by atoms with E-state index in [0.29, 0.717) is 12.6 Å². The Morgan fingerprint density at radius 1 is 1.33 bits per heavy atom. The molecule has 1 amide bonds. The number of rotatable bonds is 4. The Hall–Kier alpha value is -2.37. The fraction of sp³-hybridized carbons (Fsp3) is 0.0833. The van der Waals surface area contributed by atoms with E-state index in [2.05, 4.69) is 10.3 Å². The zero-order chi connectivity index (χ0) is 13.1. The van der Waals surface area contributed by atoms with Crippen LogP contribution in [0.4, 0.5) is 14.5 Å². The first kappa shape index (κ1) is 12.1. The van der Waals surface area contributed by atoms with Crippen LogP contribution in [0.25, 0.3) is 0 Å². The Morgan fingerprint density at radius 3 is 2.72 bits per heavy atom. The average molecular weight is 251 g/mol. The molecule has 0 fully saturated rings. The molecule has 1 aromatic carbocycles. The van der Waals surface area contributed by atoms with Crippen molar-refractivity contribution < 1.29 is 13.6 Å². The van der Waals surface area contributed by atoms with E-state index in [9.17, 15) is 13.6 Å². The molecule has 2 rings (SSSR count). The van der Waals surface area contributed by atoms with Crippen LogP contribution in [0.15, 0.2) is 30.6 Å². The highest BCUT2D eigenvalue weighted by Gasteiger charge is 2.13. The molecule has 0 spiro atoms. The van der Waals surface area contributed by atoms with Gasteiger partial charge in [0.25, 0.3) is 5.91 Å². The number of hydrogen-bond acceptors (Lipinski definition) is 2. The number of carbonyl (C=O) groups excluding carboxylic acids is 1. The molecule has 2 aromatic rings. The number of halogens is 2. The van der Waals surface area contributed by atoms with Crippen molar-refractivity contribution >= 4 is 11.6 Å². The molecule has 18 heavy (non-hydrogen) atoms. The van der Waals surface area contributed by atoms with Gasteiger partial charge in [0.1, 0.15) is 11.6 Å². The van der Waals surface area contributed by atoms with Crippen molar-refractivity contribution in [3.05, 3.63) is 53.4 Å². The van der Waals surface area contributed by atoms with Gasteiger partial charge in [0.05, 0.1) is 11.3 Å². The molecule has 6 heteroatoms. The monoisotopic (exact) mass is 251 g/mol. The molecule has 0 saturated heterocycles. The van der Waals surface area contributed by atoms with E-state index in [1.807, 2.05) is 6.07 Å². The molecule has 0 bridgehead atoms. The lowest BCUT2D eigenvalue weighted by molar-refractivity contribution is 0.0996. The number of aromatic nitrogens is 1. The molecule has 0 atom stereocenters. The highest BCUT2D eigenvalue weighted by Crippen LogP contribution is 2.20. The molecule has 0 aliphatic heterocycles. The summed E-state index contributed by atoms with van der Waals surface area (Å²) in [6, 6.07) is 3.52. The van der Waals surface area contributed by atoms with Crippen molar-refractivity contribution in [3.8, 4) is 0 Å². The first-order valence-electron chi connectivity index (χ1n) is 5.22. The highest BCUT2D eigenvalue weighted by atomic mass is 19.1. The average Bonchev–Trinajstić information content (AvgIpc) is 2.80. The van der Waals surface area contributed by atoms with Gasteiger partial charge in [-0.3, -0.25) is 4.79 Å². The molecular formula is C12H11F2N3O. The normalized spacial score (nSPS) is 10.3. The maximum atomic E-state index is 13.5. The van der Waals surface area contributed by atoms with Gasteiger partial charge in [-0.05, 0) is 17.7 Å². The number of hydrogen-bond donors (Lipinski definition) is 3. The van der Waals surface area contributed by atoms with Crippen molar-refractivity contribution in [1.29, 1.82) is 0 Å². The number of anilines is 1. The van der Waals surface area contributed by atoms with Crippen LogP contribution in [0.5, 0.6) is 0 Å². The SMILES string of the molecule is NC(=O)c1cc(NCc2cc[nH]c2)c(F)cc1F. The summed E-state index contributed by atoms with van der Waals surface area (Å²) < 4.78 is 26.7. The quantitative estimate of drug-likeness (QED) is 0.777. The smallest absolute Gasteiger partial charge is 0.251 e. The molecule has 0 aliphatic rings. The molecule has 4 N–H and O–H groups in total. The van der Waals surface area contributed by atoms with Crippen molar-refractivity contribution in [3.63, 3.8) is 0 Å². The third kappa shape index (κ3) is 2.48.